The van der Waals surface area contributed by atoms with Crippen molar-refractivity contribution in [2.75, 3.05) is 31.6 Å². The molecule has 5 heterocycles. The van der Waals surface area contributed by atoms with Gasteiger partial charge in [0, 0.05) is 66.5 Å². The highest BCUT2D eigenvalue weighted by Crippen LogP contribution is 2.33. The van der Waals surface area contributed by atoms with Gasteiger partial charge in [0.25, 0.3) is 0 Å². The van der Waals surface area contributed by atoms with Gasteiger partial charge in [-0.3, -0.25) is 14.7 Å². The fourth-order valence-electron chi connectivity index (χ4n) is 5.67. The first-order valence-corrected chi connectivity index (χ1v) is 15.9. The molecule has 230 valence electrons. The van der Waals surface area contributed by atoms with E-state index in [1.807, 2.05) is 30.7 Å². The number of hydrogen-bond acceptors (Lipinski definition) is 8. The average molecular weight is 615 g/mol. The quantitative estimate of drug-likeness (QED) is 0.344. The summed E-state index contributed by atoms with van der Waals surface area (Å²) in [5.41, 5.74) is 5.20. The maximum absolute atomic E-state index is 15.2. The van der Waals surface area contributed by atoms with Crippen LogP contribution in [0.3, 0.4) is 0 Å². The van der Waals surface area contributed by atoms with Gasteiger partial charge in [0.15, 0.2) is 5.13 Å². The van der Waals surface area contributed by atoms with Gasteiger partial charge in [-0.15, -0.1) is 11.3 Å². The second-order valence-corrected chi connectivity index (χ2v) is 13.6. The Morgan fingerprint density at radius 1 is 1.18 bits per heavy atom. The van der Waals surface area contributed by atoms with Crippen molar-refractivity contribution in [2.24, 2.45) is 0 Å². The summed E-state index contributed by atoms with van der Waals surface area (Å²) in [6, 6.07) is 9.66. The van der Waals surface area contributed by atoms with Gasteiger partial charge in [-0.2, -0.15) is 0 Å². The fourth-order valence-corrected chi connectivity index (χ4v) is 6.56. The van der Waals surface area contributed by atoms with Crippen molar-refractivity contribution in [1.82, 2.24) is 25.1 Å². The summed E-state index contributed by atoms with van der Waals surface area (Å²) < 4.78 is 20.7. The van der Waals surface area contributed by atoms with Crippen LogP contribution in [-0.2, 0) is 27.8 Å². The molecule has 6 rings (SSSR count). The molecule has 3 aliphatic rings. The van der Waals surface area contributed by atoms with Crippen LogP contribution in [0, 0.1) is 5.82 Å². The lowest BCUT2D eigenvalue weighted by Crippen LogP contribution is -2.43. The second kappa shape index (κ2) is 12.6. The fraction of sp³-hybridized carbons (Fsp3) is 0.382. The Hall–Kier alpha value is -3.86. The van der Waals surface area contributed by atoms with Gasteiger partial charge < -0.3 is 20.3 Å². The van der Waals surface area contributed by atoms with E-state index in [1.54, 1.807) is 12.3 Å². The zero-order chi connectivity index (χ0) is 30.8. The number of ether oxygens (including phenoxy) is 1. The first-order valence-electron chi connectivity index (χ1n) is 15.1. The first kappa shape index (κ1) is 30.2. The number of nitrogens with zero attached hydrogens (tertiary/aromatic N) is 4. The minimum atomic E-state index is -0.413. The lowest BCUT2D eigenvalue weighted by Gasteiger charge is -2.32. The van der Waals surface area contributed by atoms with Crippen molar-refractivity contribution in [2.45, 2.75) is 58.2 Å². The van der Waals surface area contributed by atoms with Crippen molar-refractivity contribution in [3.63, 3.8) is 0 Å². The van der Waals surface area contributed by atoms with Crippen molar-refractivity contribution in [1.29, 1.82) is 0 Å². The molecule has 44 heavy (non-hydrogen) atoms. The normalized spacial score (nSPS) is 19.2. The van der Waals surface area contributed by atoms with Crippen LogP contribution in [0.5, 0.6) is 0 Å². The minimum absolute atomic E-state index is 0.0448. The molecule has 0 saturated carbocycles. The minimum Gasteiger partial charge on any atom is -0.379 e. The van der Waals surface area contributed by atoms with Crippen LogP contribution < -0.4 is 10.6 Å². The van der Waals surface area contributed by atoms with Crippen LogP contribution in [0.1, 0.15) is 55.0 Å². The number of nitrogens with one attached hydrogen (secondary N) is 2. The van der Waals surface area contributed by atoms with Crippen molar-refractivity contribution in [3.8, 4) is 0 Å². The third-order valence-corrected chi connectivity index (χ3v) is 9.57. The zero-order valence-corrected chi connectivity index (χ0v) is 26.5. The number of aromatic nitrogens is 2. The molecule has 1 saturated heterocycles. The highest BCUT2D eigenvalue weighted by Gasteiger charge is 2.27. The number of halogens is 1. The summed E-state index contributed by atoms with van der Waals surface area (Å²) in [5, 5.41) is 6.75. The largest absolute Gasteiger partial charge is 0.379 e. The standard InChI is InChI=1S/C34H39FN6O2S/c1-22(40-11-13-43-14-12-40)15-27-16-23(7-9-36-27)24-8-10-41-29(20-37-31(41)18-24)26-6-5-25(28(35)17-26)19-32(42)39-33-38-21-30(44-33)34(2,3)4/h5-10,16-18,20-22,31,37H,11-15,19H2,1-4H3,(H,38,39,42). The summed E-state index contributed by atoms with van der Waals surface area (Å²) in [5.74, 6) is -0.705. The topological polar surface area (TPSA) is 82.6 Å². The third-order valence-electron chi connectivity index (χ3n) is 8.24. The van der Waals surface area contributed by atoms with E-state index in [1.165, 1.54) is 17.4 Å². The molecule has 3 aromatic rings. The Kier molecular flexibility index (Phi) is 8.66. The summed E-state index contributed by atoms with van der Waals surface area (Å²) in [6.07, 6.45) is 12.6. The number of hydrogen-bond donors (Lipinski definition) is 2. The summed E-state index contributed by atoms with van der Waals surface area (Å²) in [4.78, 5) is 27.2. The Bertz CT molecular complexity index is 1620. The number of carbonyl (C=O) groups is 1. The molecule has 0 aliphatic carbocycles. The van der Waals surface area contributed by atoms with Gasteiger partial charge >= 0.3 is 0 Å². The maximum Gasteiger partial charge on any atom is 0.230 e. The molecule has 2 atom stereocenters. The number of rotatable bonds is 8. The number of carbonyl (C=O) groups excluding carboxylic acids is 1. The highest BCUT2D eigenvalue weighted by molar-refractivity contribution is 7.15. The number of amides is 1. The van der Waals surface area contributed by atoms with Crippen LogP contribution >= 0.6 is 11.3 Å². The van der Waals surface area contributed by atoms with Gasteiger partial charge in [0.1, 0.15) is 12.0 Å². The number of fused-ring (bicyclic) bond motifs is 1. The Morgan fingerprint density at radius 3 is 2.75 bits per heavy atom. The maximum atomic E-state index is 15.2. The molecule has 0 spiro atoms. The molecule has 2 N–H and O–H groups in total. The number of anilines is 1. The average Bonchev–Trinajstić information content (AvgIpc) is 3.66. The Balaban J connectivity index is 1.08. The molecule has 1 amide bonds. The molecular formula is C34H39FN6O2S. The van der Waals surface area contributed by atoms with Gasteiger partial charge in [-0.05, 0) is 59.4 Å². The number of allylic oxidation sites excluding steroid dienone is 2. The lowest BCUT2D eigenvalue weighted by atomic mass is 9.96. The Labute approximate surface area is 262 Å². The van der Waals surface area contributed by atoms with E-state index in [4.69, 9.17) is 4.74 Å². The SMILES string of the molecule is CC(Cc1cc(C2=CC3NC=C(c4ccc(CC(=O)Nc5ncc(C(C)(C)C)s5)c(F)c4)N3C=C2)ccn1)N1CCOCC1. The third kappa shape index (κ3) is 6.77. The van der Waals surface area contributed by atoms with Gasteiger partial charge in [0.2, 0.25) is 5.91 Å². The van der Waals surface area contributed by atoms with E-state index in [2.05, 4.69) is 76.3 Å². The summed E-state index contributed by atoms with van der Waals surface area (Å²) in [7, 11) is 0. The van der Waals surface area contributed by atoms with E-state index < -0.39 is 5.82 Å². The summed E-state index contributed by atoms with van der Waals surface area (Å²) >= 11 is 1.44. The molecule has 8 nitrogen and oxygen atoms in total. The van der Waals surface area contributed by atoms with Crippen LogP contribution in [0.2, 0.25) is 0 Å². The second-order valence-electron chi connectivity index (χ2n) is 12.5. The van der Waals surface area contributed by atoms with E-state index in [0.717, 1.165) is 65.7 Å². The molecule has 0 bridgehead atoms. The number of pyridine rings is 1. The Morgan fingerprint density at radius 2 is 2.00 bits per heavy atom. The van der Waals surface area contributed by atoms with E-state index in [-0.39, 0.29) is 23.9 Å². The molecule has 10 heteroatoms. The predicted molar refractivity (Wildman–Crippen MR) is 173 cm³/mol. The van der Waals surface area contributed by atoms with Crippen molar-refractivity contribution >= 4 is 33.6 Å². The molecule has 3 aliphatic heterocycles. The van der Waals surface area contributed by atoms with E-state index in [0.29, 0.717) is 16.7 Å². The number of morpholine rings is 1. The molecule has 1 fully saturated rings. The van der Waals surface area contributed by atoms with Crippen molar-refractivity contribution < 1.29 is 13.9 Å². The van der Waals surface area contributed by atoms with Gasteiger partial charge in [0.05, 0.1) is 25.3 Å². The first-order chi connectivity index (χ1) is 21.1. The molecule has 2 unspecified atom stereocenters. The van der Waals surface area contributed by atoms with Gasteiger partial charge in [-0.1, -0.05) is 32.9 Å². The van der Waals surface area contributed by atoms with Crippen LogP contribution in [0.15, 0.2) is 67.3 Å². The smallest absolute Gasteiger partial charge is 0.230 e. The molecule has 0 radical (unpaired) electrons. The zero-order valence-electron chi connectivity index (χ0n) is 25.6. The highest BCUT2D eigenvalue weighted by atomic mass is 32.1. The number of benzene rings is 1. The molecule has 1 aromatic carbocycles. The predicted octanol–water partition coefficient (Wildman–Crippen LogP) is 5.56. The van der Waals surface area contributed by atoms with Crippen LogP contribution in [0.4, 0.5) is 9.52 Å². The summed E-state index contributed by atoms with van der Waals surface area (Å²) in [6.45, 7) is 12.0. The van der Waals surface area contributed by atoms with Gasteiger partial charge in [-0.25, -0.2) is 9.37 Å². The molecular weight excluding hydrogens is 575 g/mol. The lowest BCUT2D eigenvalue weighted by molar-refractivity contribution is -0.115. The van der Waals surface area contributed by atoms with Crippen LogP contribution in [-0.4, -0.2) is 64.2 Å². The van der Waals surface area contributed by atoms with E-state index in [9.17, 15) is 4.79 Å². The van der Waals surface area contributed by atoms with Crippen molar-refractivity contribution in [3.05, 3.63) is 100 Å². The van der Waals surface area contributed by atoms with Crippen LogP contribution in [0.25, 0.3) is 11.3 Å². The number of thiazole rings is 1. The van der Waals surface area contributed by atoms with E-state index >= 15 is 4.39 Å². The molecule has 2 aromatic heterocycles. The monoisotopic (exact) mass is 614 g/mol.